The zero-order valence-corrected chi connectivity index (χ0v) is 18.6. The Balaban J connectivity index is 0.00000338. The first kappa shape index (κ1) is 22.9. The molecule has 0 aliphatic carbocycles. The molecule has 0 radical (unpaired) electrons. The SMILES string of the molecule is CCNC(=NCc1ccc(F)c(COC)c1)NCc1ccc(CC)s1.I. The molecule has 0 saturated heterocycles. The third-order valence-corrected chi connectivity index (χ3v) is 4.90. The number of methoxy groups -OCH3 is 1. The van der Waals surface area contributed by atoms with Crippen molar-refractivity contribution < 1.29 is 9.13 Å². The predicted molar refractivity (Wildman–Crippen MR) is 118 cm³/mol. The van der Waals surface area contributed by atoms with Crippen LogP contribution in [0, 0.1) is 5.82 Å². The molecule has 0 fully saturated rings. The van der Waals surface area contributed by atoms with E-state index in [1.165, 1.54) is 15.8 Å². The van der Waals surface area contributed by atoms with Crippen LogP contribution in [0.3, 0.4) is 0 Å². The van der Waals surface area contributed by atoms with Gasteiger partial charge in [-0.3, -0.25) is 0 Å². The van der Waals surface area contributed by atoms with Crippen molar-refractivity contribution in [3.8, 4) is 0 Å². The summed E-state index contributed by atoms with van der Waals surface area (Å²) in [6, 6.07) is 9.35. The fourth-order valence-corrected chi connectivity index (χ4v) is 3.28. The molecule has 2 aromatic rings. The Morgan fingerprint density at radius 1 is 1.15 bits per heavy atom. The molecule has 0 aliphatic rings. The predicted octanol–water partition coefficient (Wildman–Crippen LogP) is 4.47. The molecular formula is C19H27FIN3OS. The summed E-state index contributed by atoms with van der Waals surface area (Å²) in [7, 11) is 1.56. The lowest BCUT2D eigenvalue weighted by Crippen LogP contribution is -2.36. The van der Waals surface area contributed by atoms with Crippen LogP contribution in [0.15, 0.2) is 35.3 Å². The first-order valence-electron chi connectivity index (χ1n) is 8.52. The van der Waals surface area contributed by atoms with Gasteiger partial charge in [0.25, 0.3) is 0 Å². The van der Waals surface area contributed by atoms with Crippen LogP contribution in [-0.4, -0.2) is 19.6 Å². The van der Waals surface area contributed by atoms with E-state index >= 15 is 0 Å². The monoisotopic (exact) mass is 491 g/mol. The van der Waals surface area contributed by atoms with Gasteiger partial charge in [0.2, 0.25) is 0 Å². The zero-order valence-electron chi connectivity index (χ0n) is 15.5. The Bertz CT molecular complexity index is 706. The van der Waals surface area contributed by atoms with Crippen molar-refractivity contribution in [3.63, 3.8) is 0 Å². The van der Waals surface area contributed by atoms with Gasteiger partial charge in [-0.1, -0.05) is 13.0 Å². The summed E-state index contributed by atoms with van der Waals surface area (Å²) in [5.41, 5.74) is 1.51. The number of halogens is 2. The highest BCUT2D eigenvalue weighted by Gasteiger charge is 2.05. The Labute approximate surface area is 176 Å². The van der Waals surface area contributed by atoms with Crippen LogP contribution >= 0.6 is 35.3 Å². The molecule has 0 aliphatic heterocycles. The van der Waals surface area contributed by atoms with Crippen LogP contribution in [0.25, 0.3) is 0 Å². The molecule has 4 nitrogen and oxygen atoms in total. The summed E-state index contributed by atoms with van der Waals surface area (Å²) >= 11 is 1.82. The lowest BCUT2D eigenvalue weighted by Gasteiger charge is -2.11. The molecule has 2 rings (SSSR count). The van der Waals surface area contributed by atoms with E-state index in [9.17, 15) is 4.39 Å². The van der Waals surface area contributed by atoms with Gasteiger partial charge in [0, 0.05) is 29.0 Å². The molecule has 1 aromatic carbocycles. The number of rotatable bonds is 8. The van der Waals surface area contributed by atoms with Crippen LogP contribution in [0.5, 0.6) is 0 Å². The van der Waals surface area contributed by atoms with E-state index in [1.54, 1.807) is 19.2 Å². The van der Waals surface area contributed by atoms with Gasteiger partial charge in [0.1, 0.15) is 5.82 Å². The number of thiophene rings is 1. The van der Waals surface area contributed by atoms with Crippen molar-refractivity contribution in [1.29, 1.82) is 0 Å². The van der Waals surface area contributed by atoms with E-state index in [4.69, 9.17) is 4.74 Å². The van der Waals surface area contributed by atoms with Crippen molar-refractivity contribution in [2.45, 2.75) is 40.0 Å². The number of hydrogen-bond donors (Lipinski definition) is 2. The smallest absolute Gasteiger partial charge is 0.191 e. The highest BCUT2D eigenvalue weighted by Crippen LogP contribution is 2.16. The zero-order chi connectivity index (χ0) is 18.1. The highest BCUT2D eigenvalue weighted by molar-refractivity contribution is 14.0. The van der Waals surface area contributed by atoms with E-state index < -0.39 is 0 Å². The lowest BCUT2D eigenvalue weighted by atomic mass is 10.1. The molecule has 7 heteroatoms. The first-order chi connectivity index (χ1) is 12.2. The van der Waals surface area contributed by atoms with E-state index in [2.05, 4.69) is 34.7 Å². The largest absolute Gasteiger partial charge is 0.380 e. The second kappa shape index (κ2) is 12.2. The summed E-state index contributed by atoms with van der Waals surface area (Å²) in [6.07, 6.45) is 1.06. The number of hydrogen-bond acceptors (Lipinski definition) is 3. The second-order valence-electron chi connectivity index (χ2n) is 5.63. The number of benzene rings is 1. The topological polar surface area (TPSA) is 45.7 Å². The molecular weight excluding hydrogens is 464 g/mol. The highest BCUT2D eigenvalue weighted by atomic mass is 127. The third-order valence-electron chi connectivity index (χ3n) is 3.67. The summed E-state index contributed by atoms with van der Waals surface area (Å²) in [5, 5.41) is 6.59. The fourth-order valence-electron chi connectivity index (χ4n) is 2.38. The van der Waals surface area contributed by atoms with Crippen molar-refractivity contribution in [1.82, 2.24) is 10.6 Å². The minimum absolute atomic E-state index is 0. The Kier molecular flexibility index (Phi) is 10.8. The molecule has 144 valence electrons. The minimum atomic E-state index is -0.246. The van der Waals surface area contributed by atoms with E-state index in [0.717, 1.165) is 31.0 Å². The quantitative estimate of drug-likeness (QED) is 0.326. The normalized spacial score (nSPS) is 11.2. The van der Waals surface area contributed by atoms with Crippen LogP contribution in [0.1, 0.15) is 34.7 Å². The van der Waals surface area contributed by atoms with Gasteiger partial charge in [0.15, 0.2) is 5.96 Å². The number of ether oxygens (including phenoxy) is 1. The third kappa shape index (κ3) is 7.20. The van der Waals surface area contributed by atoms with E-state index in [-0.39, 0.29) is 36.4 Å². The summed E-state index contributed by atoms with van der Waals surface area (Å²) in [4.78, 5) is 7.26. The van der Waals surface area contributed by atoms with Crippen LogP contribution < -0.4 is 10.6 Å². The molecule has 2 N–H and O–H groups in total. The van der Waals surface area contributed by atoms with Gasteiger partial charge in [-0.05, 0) is 43.2 Å². The maximum Gasteiger partial charge on any atom is 0.191 e. The molecule has 26 heavy (non-hydrogen) atoms. The maximum absolute atomic E-state index is 13.7. The van der Waals surface area contributed by atoms with Gasteiger partial charge in [-0.2, -0.15) is 0 Å². The molecule has 0 spiro atoms. The number of nitrogens with zero attached hydrogens (tertiary/aromatic N) is 1. The Morgan fingerprint density at radius 2 is 1.92 bits per heavy atom. The molecule has 1 heterocycles. The summed E-state index contributed by atoms with van der Waals surface area (Å²) in [5.74, 6) is 0.510. The van der Waals surface area contributed by atoms with Gasteiger partial charge in [-0.15, -0.1) is 35.3 Å². The van der Waals surface area contributed by atoms with Crippen molar-refractivity contribution in [2.24, 2.45) is 4.99 Å². The minimum Gasteiger partial charge on any atom is -0.380 e. The van der Waals surface area contributed by atoms with Crippen molar-refractivity contribution in [3.05, 3.63) is 57.0 Å². The number of aliphatic imine (C=N–C) groups is 1. The molecule has 0 saturated carbocycles. The van der Waals surface area contributed by atoms with Gasteiger partial charge in [0.05, 0.1) is 19.7 Å². The number of nitrogens with one attached hydrogen (secondary N) is 2. The molecule has 1 aromatic heterocycles. The lowest BCUT2D eigenvalue weighted by molar-refractivity contribution is 0.181. The van der Waals surface area contributed by atoms with Gasteiger partial charge >= 0.3 is 0 Å². The van der Waals surface area contributed by atoms with Gasteiger partial charge in [-0.25, -0.2) is 9.38 Å². The standard InChI is InChI=1S/C19H26FN3OS.HI/c1-4-16-7-8-17(25-16)12-23-19(21-5-2)22-11-14-6-9-18(20)15(10-14)13-24-3;/h6-10H,4-5,11-13H2,1-3H3,(H2,21,22,23);1H. The molecule has 0 unspecified atom stereocenters. The van der Waals surface area contributed by atoms with Crippen LogP contribution in [0.2, 0.25) is 0 Å². The van der Waals surface area contributed by atoms with Gasteiger partial charge < -0.3 is 15.4 Å². The summed E-state index contributed by atoms with van der Waals surface area (Å²) in [6.45, 7) is 6.47. The average molecular weight is 491 g/mol. The maximum atomic E-state index is 13.7. The Morgan fingerprint density at radius 3 is 2.58 bits per heavy atom. The second-order valence-corrected chi connectivity index (χ2v) is 6.88. The van der Waals surface area contributed by atoms with E-state index in [1.807, 2.05) is 18.3 Å². The average Bonchev–Trinajstić information content (AvgIpc) is 3.08. The molecule has 0 atom stereocenters. The fraction of sp³-hybridized carbons (Fsp3) is 0.421. The number of aryl methyl sites for hydroxylation is 1. The van der Waals surface area contributed by atoms with Crippen LogP contribution in [-0.2, 0) is 30.9 Å². The molecule has 0 amide bonds. The Hall–Kier alpha value is -1.19. The summed E-state index contributed by atoms with van der Waals surface area (Å²) < 4.78 is 18.7. The van der Waals surface area contributed by atoms with Crippen molar-refractivity contribution in [2.75, 3.05) is 13.7 Å². The van der Waals surface area contributed by atoms with Crippen molar-refractivity contribution >= 4 is 41.3 Å². The molecule has 0 bridgehead atoms. The van der Waals surface area contributed by atoms with Crippen LogP contribution in [0.4, 0.5) is 4.39 Å². The number of guanidine groups is 1. The van der Waals surface area contributed by atoms with E-state index in [0.29, 0.717) is 12.1 Å². The first-order valence-corrected chi connectivity index (χ1v) is 9.33.